The van der Waals surface area contributed by atoms with Crippen molar-refractivity contribution < 1.29 is 22.7 Å². The Labute approximate surface area is 118 Å². The molecule has 110 valence electrons. The van der Waals surface area contributed by atoms with Crippen molar-refractivity contribution in [1.29, 1.82) is 0 Å². The molecule has 0 saturated carbocycles. The smallest absolute Gasteiger partial charge is 0.307 e. The largest absolute Gasteiger partial charge is 0.469 e. The zero-order valence-electron chi connectivity index (χ0n) is 11.4. The van der Waals surface area contributed by atoms with Crippen molar-refractivity contribution in [2.24, 2.45) is 0 Å². The van der Waals surface area contributed by atoms with E-state index in [1.165, 1.54) is 7.11 Å². The minimum Gasteiger partial charge on any atom is -0.469 e. The number of nitrogens with one attached hydrogen (secondary N) is 1. The summed E-state index contributed by atoms with van der Waals surface area (Å²) < 4.78 is 26.7. The summed E-state index contributed by atoms with van der Waals surface area (Å²) in [5, 5.41) is 2.57. The molecule has 0 unspecified atom stereocenters. The Morgan fingerprint density at radius 2 is 1.80 bits per heavy atom. The van der Waals surface area contributed by atoms with Gasteiger partial charge in [-0.25, -0.2) is 8.42 Å². The molecular formula is C13H17NO5S. The van der Waals surface area contributed by atoms with E-state index in [2.05, 4.69) is 10.1 Å². The Morgan fingerprint density at radius 1 is 1.20 bits per heavy atom. The molecule has 0 aromatic heterocycles. The molecule has 1 rings (SSSR count). The summed E-state index contributed by atoms with van der Waals surface area (Å²) in [6.45, 7) is 0.191. The molecule has 0 heterocycles. The molecule has 0 radical (unpaired) electrons. The maximum absolute atomic E-state index is 11.7. The molecule has 0 aliphatic carbocycles. The highest BCUT2D eigenvalue weighted by molar-refractivity contribution is 7.89. The molecule has 7 heteroatoms. The molecule has 0 saturated heterocycles. The summed E-state index contributed by atoms with van der Waals surface area (Å²) in [5.74, 6) is -0.773. The van der Waals surface area contributed by atoms with Gasteiger partial charge in [0.25, 0.3) is 5.91 Å². The van der Waals surface area contributed by atoms with Gasteiger partial charge in [-0.1, -0.05) is 12.1 Å². The highest BCUT2D eigenvalue weighted by atomic mass is 32.2. The number of benzene rings is 1. The molecular weight excluding hydrogens is 282 g/mol. The van der Waals surface area contributed by atoms with Crippen molar-refractivity contribution in [3.63, 3.8) is 0 Å². The molecule has 20 heavy (non-hydrogen) atoms. The van der Waals surface area contributed by atoms with Gasteiger partial charge in [0, 0.05) is 18.4 Å². The van der Waals surface area contributed by atoms with Gasteiger partial charge < -0.3 is 10.1 Å². The number of esters is 1. The summed E-state index contributed by atoms with van der Waals surface area (Å²) in [6, 6.07) is 6.29. The van der Waals surface area contributed by atoms with E-state index in [0.717, 1.165) is 6.26 Å². The van der Waals surface area contributed by atoms with E-state index >= 15 is 0 Å². The first-order valence-corrected chi connectivity index (χ1v) is 7.99. The molecule has 0 aliphatic rings. The number of hydrogen-bond donors (Lipinski definition) is 1. The number of methoxy groups -OCH3 is 1. The van der Waals surface area contributed by atoms with Crippen LogP contribution in [0.25, 0.3) is 0 Å². The van der Waals surface area contributed by atoms with Crippen molar-refractivity contribution >= 4 is 21.7 Å². The summed E-state index contributed by atoms with van der Waals surface area (Å²) in [7, 11) is -1.81. The minimum absolute atomic E-state index is 0.0583. The average molecular weight is 299 g/mol. The molecule has 0 atom stereocenters. The number of hydrogen-bond acceptors (Lipinski definition) is 5. The van der Waals surface area contributed by atoms with Crippen LogP contribution in [0.2, 0.25) is 0 Å². The maximum atomic E-state index is 11.7. The fraction of sp³-hybridized carbons (Fsp3) is 0.385. The van der Waals surface area contributed by atoms with Crippen molar-refractivity contribution in [1.82, 2.24) is 5.32 Å². The van der Waals surface area contributed by atoms with E-state index in [1.807, 2.05) is 0 Å². The molecule has 0 spiro atoms. The van der Waals surface area contributed by atoms with Crippen LogP contribution in [0.5, 0.6) is 0 Å². The lowest BCUT2D eigenvalue weighted by Gasteiger charge is -2.05. The highest BCUT2D eigenvalue weighted by Crippen LogP contribution is 2.07. The van der Waals surface area contributed by atoms with Crippen LogP contribution < -0.4 is 5.32 Å². The van der Waals surface area contributed by atoms with Crippen molar-refractivity contribution in [3.8, 4) is 0 Å². The summed E-state index contributed by atoms with van der Waals surface area (Å²) in [4.78, 5) is 22.6. The van der Waals surface area contributed by atoms with E-state index in [9.17, 15) is 18.0 Å². The van der Waals surface area contributed by atoms with E-state index in [-0.39, 0.29) is 24.6 Å². The topological polar surface area (TPSA) is 89.5 Å². The second-order valence-electron chi connectivity index (χ2n) is 4.35. The molecule has 0 bridgehead atoms. The normalized spacial score (nSPS) is 10.9. The predicted molar refractivity (Wildman–Crippen MR) is 74.0 cm³/mol. The molecule has 1 amide bonds. The first-order valence-electron chi connectivity index (χ1n) is 5.93. The van der Waals surface area contributed by atoms with Crippen molar-refractivity contribution in [2.75, 3.05) is 19.9 Å². The minimum atomic E-state index is -3.09. The number of carbonyl (C=O) groups is 2. The fourth-order valence-electron chi connectivity index (χ4n) is 1.54. The van der Waals surface area contributed by atoms with E-state index in [0.29, 0.717) is 11.1 Å². The zero-order valence-corrected chi connectivity index (χ0v) is 12.2. The maximum Gasteiger partial charge on any atom is 0.307 e. The lowest BCUT2D eigenvalue weighted by atomic mass is 10.1. The van der Waals surface area contributed by atoms with Crippen LogP contribution in [-0.2, 0) is 25.1 Å². The number of ether oxygens (including phenoxy) is 1. The molecule has 1 aromatic rings. The second-order valence-corrected chi connectivity index (χ2v) is 6.49. The first kappa shape index (κ1) is 16.2. The Morgan fingerprint density at radius 3 is 2.30 bits per heavy atom. The van der Waals surface area contributed by atoms with Crippen LogP contribution in [0, 0.1) is 0 Å². The molecule has 6 nitrogen and oxygen atoms in total. The fourth-order valence-corrected chi connectivity index (χ4v) is 2.34. The molecule has 1 N–H and O–H groups in total. The Bertz CT molecular complexity index is 577. The van der Waals surface area contributed by atoms with Crippen LogP contribution in [0.3, 0.4) is 0 Å². The zero-order chi connectivity index (χ0) is 15.2. The Balaban J connectivity index is 2.55. The lowest BCUT2D eigenvalue weighted by Crippen LogP contribution is -2.26. The van der Waals surface area contributed by atoms with Gasteiger partial charge in [-0.05, 0) is 17.7 Å². The molecule has 0 fully saturated rings. The van der Waals surface area contributed by atoms with Crippen LogP contribution in [0.1, 0.15) is 22.3 Å². The van der Waals surface area contributed by atoms with E-state index in [4.69, 9.17) is 0 Å². The number of sulfone groups is 1. The third-order valence-electron chi connectivity index (χ3n) is 2.49. The predicted octanol–water partition coefficient (Wildman–Crippen LogP) is 0.524. The van der Waals surface area contributed by atoms with Gasteiger partial charge in [-0.3, -0.25) is 9.59 Å². The average Bonchev–Trinajstić information content (AvgIpc) is 2.37. The van der Waals surface area contributed by atoms with Crippen LogP contribution in [0.4, 0.5) is 0 Å². The standard InChI is InChI=1S/C13H17NO5S/c1-19-12(15)7-8-14-13(16)11-5-3-10(4-6-11)9-20(2,17)18/h3-6H,7-9H2,1-2H3,(H,14,16). The van der Waals surface area contributed by atoms with Gasteiger partial charge in [0.05, 0.1) is 19.3 Å². The monoisotopic (exact) mass is 299 g/mol. The summed E-state index contributed by atoms with van der Waals surface area (Å²) in [6.07, 6.45) is 1.26. The third kappa shape index (κ3) is 5.83. The third-order valence-corrected chi connectivity index (χ3v) is 3.35. The van der Waals surface area contributed by atoms with Gasteiger partial charge in [-0.2, -0.15) is 0 Å². The van der Waals surface area contributed by atoms with E-state index < -0.39 is 15.8 Å². The van der Waals surface area contributed by atoms with Crippen LogP contribution in [-0.4, -0.2) is 40.2 Å². The van der Waals surface area contributed by atoms with Gasteiger partial charge in [0.1, 0.15) is 0 Å². The Hall–Kier alpha value is -1.89. The quantitative estimate of drug-likeness (QED) is 0.774. The van der Waals surface area contributed by atoms with Crippen molar-refractivity contribution in [2.45, 2.75) is 12.2 Å². The number of rotatable bonds is 6. The van der Waals surface area contributed by atoms with Crippen molar-refractivity contribution in [3.05, 3.63) is 35.4 Å². The lowest BCUT2D eigenvalue weighted by molar-refractivity contribution is -0.140. The van der Waals surface area contributed by atoms with Gasteiger partial charge in [-0.15, -0.1) is 0 Å². The summed E-state index contributed by atoms with van der Waals surface area (Å²) in [5.41, 5.74) is 1.03. The summed E-state index contributed by atoms with van der Waals surface area (Å²) >= 11 is 0. The van der Waals surface area contributed by atoms with Gasteiger partial charge in [0.15, 0.2) is 9.84 Å². The molecule has 0 aliphatic heterocycles. The van der Waals surface area contributed by atoms with Gasteiger partial charge >= 0.3 is 5.97 Å². The number of amides is 1. The number of carbonyl (C=O) groups excluding carboxylic acids is 2. The van der Waals surface area contributed by atoms with E-state index in [1.54, 1.807) is 24.3 Å². The van der Waals surface area contributed by atoms with Gasteiger partial charge in [0.2, 0.25) is 0 Å². The van der Waals surface area contributed by atoms with Crippen LogP contribution >= 0.6 is 0 Å². The first-order chi connectivity index (χ1) is 9.31. The molecule has 1 aromatic carbocycles. The SMILES string of the molecule is COC(=O)CCNC(=O)c1ccc(CS(C)(=O)=O)cc1. The highest BCUT2D eigenvalue weighted by Gasteiger charge is 2.08. The van der Waals surface area contributed by atoms with Crippen LogP contribution in [0.15, 0.2) is 24.3 Å². The Kier molecular flexibility index (Phi) is 5.69. The second kappa shape index (κ2) is 7.04.